The van der Waals surface area contributed by atoms with Gasteiger partial charge in [-0.15, -0.1) is 0 Å². The number of hydrogen-bond acceptors (Lipinski definition) is 4. The zero-order valence-corrected chi connectivity index (χ0v) is 16.6. The predicted octanol–water partition coefficient (Wildman–Crippen LogP) is 4.70. The van der Waals surface area contributed by atoms with E-state index in [2.05, 4.69) is 30.3 Å². The summed E-state index contributed by atoms with van der Waals surface area (Å²) in [4.78, 5) is 16.5. The first-order chi connectivity index (χ1) is 13.5. The topological polar surface area (TPSA) is 82.0 Å². The summed E-state index contributed by atoms with van der Waals surface area (Å²) < 4.78 is 0. The van der Waals surface area contributed by atoms with Gasteiger partial charge in [0.25, 0.3) is 0 Å². The maximum Gasteiger partial charge on any atom is 0.183 e. The number of allylic oxidation sites excluding steroid dienone is 6. The Labute approximate surface area is 168 Å². The van der Waals surface area contributed by atoms with Gasteiger partial charge < -0.3 is 11.5 Å². The van der Waals surface area contributed by atoms with Crippen LogP contribution in [0.5, 0.6) is 0 Å². The fourth-order valence-corrected chi connectivity index (χ4v) is 2.37. The Morgan fingerprint density at radius 2 is 1.96 bits per heavy atom. The molecule has 0 aliphatic rings. The molecule has 4 nitrogen and oxygen atoms in total. The van der Waals surface area contributed by atoms with E-state index in [1.165, 1.54) is 12.3 Å². The molecule has 1 heterocycles. The Hall–Kier alpha value is -3.40. The van der Waals surface area contributed by atoms with Gasteiger partial charge in [-0.1, -0.05) is 56.0 Å². The zero-order valence-electron chi connectivity index (χ0n) is 16.6. The summed E-state index contributed by atoms with van der Waals surface area (Å²) in [6.45, 7) is 6.99. The number of nitrogens with zero attached hydrogens (tertiary/aromatic N) is 1. The number of carbonyl (C=O) groups excluding carboxylic acids is 1. The summed E-state index contributed by atoms with van der Waals surface area (Å²) in [7, 11) is 0. The van der Waals surface area contributed by atoms with Gasteiger partial charge in [-0.05, 0) is 48.9 Å². The average Bonchev–Trinajstić information content (AvgIpc) is 2.69. The van der Waals surface area contributed by atoms with Crippen molar-refractivity contribution < 1.29 is 4.79 Å². The Bertz CT molecular complexity index is 849. The fourth-order valence-electron chi connectivity index (χ4n) is 2.37. The lowest BCUT2D eigenvalue weighted by Crippen LogP contribution is -2.06. The predicted molar refractivity (Wildman–Crippen MR) is 118 cm³/mol. The van der Waals surface area contributed by atoms with E-state index >= 15 is 0 Å². The molecule has 1 aromatic heterocycles. The van der Waals surface area contributed by atoms with Crippen LogP contribution in [0.1, 0.15) is 25.8 Å². The van der Waals surface area contributed by atoms with Crippen LogP contribution in [0.3, 0.4) is 0 Å². The quantitative estimate of drug-likeness (QED) is 0.543. The minimum absolute atomic E-state index is 0.0564. The fraction of sp³-hybridized carbons (Fsp3) is 0.167. The van der Waals surface area contributed by atoms with Crippen molar-refractivity contribution in [2.24, 2.45) is 11.5 Å². The Morgan fingerprint density at radius 3 is 2.61 bits per heavy atom. The van der Waals surface area contributed by atoms with Crippen LogP contribution in [0.2, 0.25) is 0 Å². The largest absolute Gasteiger partial charge is 0.405 e. The number of aromatic nitrogens is 1. The van der Waals surface area contributed by atoms with Crippen LogP contribution < -0.4 is 11.5 Å². The summed E-state index contributed by atoms with van der Waals surface area (Å²) in [5, 5.41) is 0. The number of nitrogens with two attached hydrogens (primary N) is 2. The van der Waals surface area contributed by atoms with Gasteiger partial charge in [0.2, 0.25) is 0 Å². The number of carbonyl (C=O) groups is 1. The molecular weight excluding hydrogens is 346 g/mol. The molecule has 0 aliphatic heterocycles. The van der Waals surface area contributed by atoms with Crippen LogP contribution >= 0.6 is 0 Å². The maximum atomic E-state index is 12.2. The Balaban J connectivity index is 0.00000122. The minimum atomic E-state index is -0.0564. The molecule has 0 amide bonds. The summed E-state index contributed by atoms with van der Waals surface area (Å²) >= 11 is 0. The molecule has 146 valence electrons. The van der Waals surface area contributed by atoms with Crippen molar-refractivity contribution in [1.82, 2.24) is 4.98 Å². The van der Waals surface area contributed by atoms with Gasteiger partial charge in [0.15, 0.2) is 5.78 Å². The molecule has 0 unspecified atom stereocenters. The van der Waals surface area contributed by atoms with E-state index in [0.717, 1.165) is 23.2 Å². The van der Waals surface area contributed by atoms with Gasteiger partial charge in [0.1, 0.15) is 0 Å². The van der Waals surface area contributed by atoms with Crippen LogP contribution in [-0.2, 0) is 11.2 Å². The minimum Gasteiger partial charge on any atom is -0.405 e. The van der Waals surface area contributed by atoms with Crippen LogP contribution in [-0.4, -0.2) is 10.8 Å². The summed E-state index contributed by atoms with van der Waals surface area (Å²) in [6.07, 6.45) is 11.7. The molecule has 2 aromatic rings. The van der Waals surface area contributed by atoms with Crippen molar-refractivity contribution in [3.63, 3.8) is 0 Å². The summed E-state index contributed by atoms with van der Waals surface area (Å²) in [5.41, 5.74) is 14.9. The molecule has 28 heavy (non-hydrogen) atoms. The van der Waals surface area contributed by atoms with Crippen molar-refractivity contribution in [2.45, 2.75) is 26.7 Å². The zero-order chi connectivity index (χ0) is 20.8. The highest BCUT2D eigenvalue weighted by atomic mass is 16.1. The highest BCUT2D eigenvalue weighted by Crippen LogP contribution is 2.18. The molecule has 1 aromatic carbocycles. The van der Waals surface area contributed by atoms with Crippen molar-refractivity contribution in [1.29, 1.82) is 0 Å². The van der Waals surface area contributed by atoms with Crippen molar-refractivity contribution in [3.8, 4) is 11.3 Å². The molecule has 4 N–H and O–H groups in total. The van der Waals surface area contributed by atoms with Gasteiger partial charge in [-0.2, -0.15) is 0 Å². The van der Waals surface area contributed by atoms with E-state index in [4.69, 9.17) is 5.73 Å². The lowest BCUT2D eigenvalue weighted by Gasteiger charge is -2.06. The normalized spacial score (nSPS) is 11.6. The SMILES string of the molecule is C=CN.CC/C=C\C=C(/C)C(=O)/C=C(\N)Cc1cccc(-c2ccccn2)c1. The molecule has 0 saturated heterocycles. The van der Waals surface area contributed by atoms with Gasteiger partial charge >= 0.3 is 0 Å². The second-order valence-electron chi connectivity index (χ2n) is 6.10. The second kappa shape index (κ2) is 12.9. The molecule has 0 fully saturated rings. The van der Waals surface area contributed by atoms with Gasteiger partial charge in [-0.3, -0.25) is 9.78 Å². The molecular formula is C24H29N3O. The number of benzene rings is 1. The number of pyridine rings is 1. The highest BCUT2D eigenvalue weighted by molar-refractivity contribution is 6.04. The smallest absolute Gasteiger partial charge is 0.183 e. The molecule has 0 aliphatic carbocycles. The third kappa shape index (κ3) is 8.32. The maximum absolute atomic E-state index is 12.2. The van der Waals surface area contributed by atoms with Crippen molar-refractivity contribution >= 4 is 5.78 Å². The van der Waals surface area contributed by atoms with Crippen LogP contribution in [0.4, 0.5) is 0 Å². The monoisotopic (exact) mass is 375 g/mol. The van der Waals surface area contributed by atoms with E-state index in [1.54, 1.807) is 13.1 Å². The molecule has 0 bridgehead atoms. The van der Waals surface area contributed by atoms with Gasteiger partial charge in [0, 0.05) is 30.0 Å². The highest BCUT2D eigenvalue weighted by Gasteiger charge is 2.04. The summed E-state index contributed by atoms with van der Waals surface area (Å²) in [5.74, 6) is -0.0564. The first-order valence-corrected chi connectivity index (χ1v) is 9.18. The van der Waals surface area contributed by atoms with Crippen LogP contribution in [0.25, 0.3) is 11.3 Å². The molecule has 0 spiro atoms. The molecule has 4 heteroatoms. The van der Waals surface area contributed by atoms with E-state index in [9.17, 15) is 4.79 Å². The van der Waals surface area contributed by atoms with E-state index in [-0.39, 0.29) is 5.78 Å². The van der Waals surface area contributed by atoms with E-state index < -0.39 is 0 Å². The Morgan fingerprint density at radius 1 is 1.21 bits per heavy atom. The van der Waals surface area contributed by atoms with E-state index in [1.807, 2.05) is 54.6 Å². The van der Waals surface area contributed by atoms with Gasteiger partial charge in [0.05, 0.1) is 5.69 Å². The van der Waals surface area contributed by atoms with Gasteiger partial charge in [-0.25, -0.2) is 0 Å². The molecule has 0 radical (unpaired) electrons. The van der Waals surface area contributed by atoms with E-state index in [0.29, 0.717) is 17.7 Å². The Kier molecular flexibility index (Phi) is 10.4. The third-order valence-electron chi connectivity index (χ3n) is 3.72. The second-order valence-corrected chi connectivity index (χ2v) is 6.10. The lowest BCUT2D eigenvalue weighted by molar-refractivity contribution is -0.111. The van der Waals surface area contributed by atoms with Crippen molar-refractivity contribution in [3.05, 3.63) is 103 Å². The van der Waals surface area contributed by atoms with Crippen molar-refractivity contribution in [2.75, 3.05) is 0 Å². The average molecular weight is 376 g/mol. The molecule has 2 rings (SSSR count). The molecule has 0 atom stereocenters. The first kappa shape index (κ1) is 22.6. The van der Waals surface area contributed by atoms with Crippen LogP contribution in [0.15, 0.2) is 97.0 Å². The number of ketones is 1. The number of rotatable bonds is 7. The summed E-state index contributed by atoms with van der Waals surface area (Å²) in [6, 6.07) is 13.9. The standard InChI is InChI=1S/C22H24N2O.C2H5N/c1-3-4-5-9-17(2)22(25)16-20(23)15-18-10-8-11-19(14-18)21-12-6-7-13-24-21;1-2-3/h4-14,16H,3,15,23H2,1-2H3;2H,1,3H2/b5-4-,17-9+,20-16-;. The van der Waals surface area contributed by atoms with Crippen LogP contribution in [0, 0.1) is 0 Å². The third-order valence-corrected chi connectivity index (χ3v) is 3.72. The number of hydrogen-bond donors (Lipinski definition) is 2. The first-order valence-electron chi connectivity index (χ1n) is 9.18. The molecule has 0 saturated carbocycles. The lowest BCUT2D eigenvalue weighted by atomic mass is 10.0.